The maximum Gasteiger partial charge on any atom is 0.262 e. The van der Waals surface area contributed by atoms with Gasteiger partial charge in [-0.15, -0.1) is 0 Å². The molecule has 0 saturated carbocycles. The van der Waals surface area contributed by atoms with Gasteiger partial charge in [0.15, 0.2) is 5.11 Å². The monoisotopic (exact) mass is 417 g/mol. The number of benzene rings is 2. The summed E-state index contributed by atoms with van der Waals surface area (Å²) < 4.78 is 5.24. The molecule has 7 nitrogen and oxygen atoms in total. The van der Waals surface area contributed by atoms with Crippen molar-refractivity contribution in [2.24, 2.45) is 0 Å². The van der Waals surface area contributed by atoms with Crippen LogP contribution in [0.25, 0.3) is 0 Å². The Morgan fingerprint density at radius 3 is 2.36 bits per heavy atom. The molecular formula is C19H16ClN3O4S. The normalized spacial score (nSPS) is 12.6. The van der Waals surface area contributed by atoms with Gasteiger partial charge in [-0.05, 0) is 42.9 Å². The third kappa shape index (κ3) is 3.83. The van der Waals surface area contributed by atoms with Crippen molar-refractivity contribution in [1.82, 2.24) is 10.2 Å². The topological polar surface area (TPSA) is 87.7 Å². The number of carbonyl (C=O) groups excluding carboxylic acids is 3. The summed E-state index contributed by atoms with van der Waals surface area (Å²) in [5.74, 6) is -1.17. The van der Waals surface area contributed by atoms with Crippen LogP contribution in [0.1, 0.15) is 26.3 Å². The van der Waals surface area contributed by atoms with Gasteiger partial charge in [-0.25, -0.2) is 0 Å². The van der Waals surface area contributed by atoms with E-state index in [1.54, 1.807) is 36.4 Å². The molecular weight excluding hydrogens is 402 g/mol. The number of imide groups is 1. The lowest BCUT2D eigenvalue weighted by Crippen LogP contribution is -2.43. The molecule has 144 valence electrons. The smallest absolute Gasteiger partial charge is 0.262 e. The van der Waals surface area contributed by atoms with Gasteiger partial charge in [0.1, 0.15) is 12.3 Å². The first kappa shape index (κ1) is 19.8. The van der Waals surface area contributed by atoms with E-state index in [-0.39, 0.29) is 16.2 Å². The lowest BCUT2D eigenvalue weighted by molar-refractivity contribution is -0.120. The minimum atomic E-state index is -0.600. The summed E-state index contributed by atoms with van der Waals surface area (Å²) in [4.78, 5) is 37.8. The number of hydrogen-bond donors (Lipinski definition) is 2. The van der Waals surface area contributed by atoms with Crippen molar-refractivity contribution < 1.29 is 19.1 Å². The average molecular weight is 418 g/mol. The predicted octanol–water partition coefficient (Wildman–Crippen LogP) is 2.77. The highest BCUT2D eigenvalue weighted by Gasteiger charge is 2.36. The Hall–Kier alpha value is -2.97. The predicted molar refractivity (Wildman–Crippen MR) is 109 cm³/mol. The maximum absolute atomic E-state index is 12.3. The number of rotatable bonds is 4. The number of hydrogen-bond acceptors (Lipinski definition) is 5. The van der Waals surface area contributed by atoms with Gasteiger partial charge in [0.05, 0.1) is 23.9 Å². The number of fused-ring (bicyclic) bond motifs is 1. The Labute approximate surface area is 171 Å². The van der Waals surface area contributed by atoms with E-state index in [0.717, 1.165) is 10.5 Å². The molecule has 2 aromatic rings. The van der Waals surface area contributed by atoms with Crippen molar-refractivity contribution >= 4 is 52.3 Å². The lowest BCUT2D eigenvalue weighted by Gasteiger charge is -2.16. The van der Waals surface area contributed by atoms with Crippen LogP contribution < -0.4 is 15.4 Å². The molecule has 0 fully saturated rings. The number of amides is 3. The summed E-state index contributed by atoms with van der Waals surface area (Å²) in [5.41, 5.74) is 1.88. The van der Waals surface area contributed by atoms with E-state index in [9.17, 15) is 14.4 Å². The number of anilines is 1. The zero-order valence-corrected chi connectivity index (χ0v) is 16.6. The number of aryl methyl sites for hydroxylation is 1. The van der Waals surface area contributed by atoms with Gasteiger partial charge in [-0.3, -0.25) is 19.3 Å². The van der Waals surface area contributed by atoms with Gasteiger partial charge < -0.3 is 15.4 Å². The van der Waals surface area contributed by atoms with Crippen molar-refractivity contribution in [3.63, 3.8) is 0 Å². The summed E-state index contributed by atoms with van der Waals surface area (Å²) in [7, 11) is 1.48. The van der Waals surface area contributed by atoms with Crippen LogP contribution in [0, 0.1) is 6.92 Å². The Balaban J connectivity index is 1.65. The fraction of sp³-hybridized carbons (Fsp3) is 0.158. The van der Waals surface area contributed by atoms with Crippen LogP contribution in [-0.4, -0.2) is 41.4 Å². The molecule has 3 rings (SSSR count). The fourth-order valence-electron chi connectivity index (χ4n) is 2.78. The first-order valence-electron chi connectivity index (χ1n) is 8.22. The average Bonchev–Trinajstić information content (AvgIpc) is 2.89. The van der Waals surface area contributed by atoms with Gasteiger partial charge in [-0.2, -0.15) is 0 Å². The molecule has 1 aliphatic rings. The van der Waals surface area contributed by atoms with Crippen LogP contribution in [0.5, 0.6) is 5.75 Å². The minimum absolute atomic E-state index is 0.00151. The SMILES string of the molecule is COc1cc(Cl)c(C)cc1NC(=S)NC(=O)CN1C(=O)c2ccccc2C1=O. The van der Waals surface area contributed by atoms with Gasteiger partial charge in [-0.1, -0.05) is 23.7 Å². The van der Waals surface area contributed by atoms with E-state index >= 15 is 0 Å². The Morgan fingerprint density at radius 1 is 1.18 bits per heavy atom. The summed E-state index contributed by atoms with van der Waals surface area (Å²) in [6, 6.07) is 9.78. The third-order valence-electron chi connectivity index (χ3n) is 4.16. The van der Waals surface area contributed by atoms with Crippen LogP contribution in [-0.2, 0) is 4.79 Å². The van der Waals surface area contributed by atoms with Crippen molar-refractivity contribution in [2.45, 2.75) is 6.92 Å². The molecule has 2 aromatic carbocycles. The van der Waals surface area contributed by atoms with Crippen LogP contribution >= 0.6 is 23.8 Å². The quantitative estimate of drug-likeness (QED) is 0.587. The summed E-state index contributed by atoms with van der Waals surface area (Å²) >= 11 is 11.2. The van der Waals surface area contributed by atoms with Crippen molar-refractivity contribution in [3.8, 4) is 5.75 Å². The molecule has 1 heterocycles. The zero-order valence-electron chi connectivity index (χ0n) is 15.0. The zero-order chi connectivity index (χ0) is 20.4. The number of nitrogens with one attached hydrogen (secondary N) is 2. The number of carbonyl (C=O) groups is 3. The van der Waals surface area contributed by atoms with Crippen LogP contribution in [0.15, 0.2) is 36.4 Å². The minimum Gasteiger partial charge on any atom is -0.495 e. The number of ether oxygens (including phenoxy) is 1. The summed E-state index contributed by atoms with van der Waals surface area (Å²) in [6.45, 7) is 1.38. The second kappa shape index (κ2) is 7.95. The Morgan fingerprint density at radius 2 is 1.79 bits per heavy atom. The third-order valence-corrected chi connectivity index (χ3v) is 4.77. The highest BCUT2D eigenvalue weighted by Crippen LogP contribution is 2.30. The molecule has 0 bridgehead atoms. The molecule has 0 unspecified atom stereocenters. The molecule has 2 N–H and O–H groups in total. The van der Waals surface area contributed by atoms with E-state index in [1.165, 1.54) is 7.11 Å². The van der Waals surface area contributed by atoms with Gasteiger partial charge in [0.2, 0.25) is 5.91 Å². The van der Waals surface area contributed by atoms with Gasteiger partial charge >= 0.3 is 0 Å². The van der Waals surface area contributed by atoms with Gasteiger partial charge in [0.25, 0.3) is 11.8 Å². The highest BCUT2D eigenvalue weighted by molar-refractivity contribution is 7.80. The van der Waals surface area contributed by atoms with Crippen LogP contribution in [0.2, 0.25) is 5.02 Å². The Bertz CT molecular complexity index is 974. The first-order chi connectivity index (χ1) is 13.3. The van der Waals surface area contributed by atoms with Crippen LogP contribution in [0.3, 0.4) is 0 Å². The van der Waals surface area contributed by atoms with Crippen molar-refractivity contribution in [1.29, 1.82) is 0 Å². The Kier molecular flexibility index (Phi) is 5.62. The molecule has 28 heavy (non-hydrogen) atoms. The highest BCUT2D eigenvalue weighted by atomic mass is 35.5. The van der Waals surface area contributed by atoms with E-state index in [4.69, 9.17) is 28.6 Å². The van der Waals surface area contributed by atoms with Crippen molar-refractivity contribution in [2.75, 3.05) is 19.0 Å². The molecule has 0 radical (unpaired) electrons. The number of nitrogens with zero attached hydrogens (tertiary/aromatic N) is 1. The number of halogens is 1. The van der Waals surface area contributed by atoms with Gasteiger partial charge in [0, 0.05) is 11.1 Å². The largest absolute Gasteiger partial charge is 0.495 e. The van der Waals surface area contributed by atoms with E-state index in [0.29, 0.717) is 16.5 Å². The van der Waals surface area contributed by atoms with E-state index < -0.39 is 24.3 Å². The molecule has 3 amide bonds. The maximum atomic E-state index is 12.3. The molecule has 0 atom stereocenters. The first-order valence-corrected chi connectivity index (χ1v) is 9.00. The molecule has 0 aliphatic carbocycles. The molecule has 1 aliphatic heterocycles. The van der Waals surface area contributed by atoms with E-state index in [2.05, 4.69) is 10.6 Å². The second-order valence-corrected chi connectivity index (χ2v) is 6.86. The fourth-order valence-corrected chi connectivity index (χ4v) is 3.15. The summed E-state index contributed by atoms with van der Waals surface area (Å²) in [5, 5.41) is 5.84. The molecule has 0 aromatic heterocycles. The standard InChI is InChI=1S/C19H16ClN3O4S/c1-10-7-14(15(27-2)8-13(10)20)21-19(28)22-16(24)9-23-17(25)11-5-3-4-6-12(11)18(23)26/h3-8H,9H2,1-2H3,(H2,21,22,24,28). The molecule has 0 saturated heterocycles. The molecule has 0 spiro atoms. The molecule has 9 heteroatoms. The number of thiocarbonyl (C=S) groups is 1. The van der Waals surface area contributed by atoms with Crippen molar-refractivity contribution in [3.05, 3.63) is 58.1 Å². The number of methoxy groups -OCH3 is 1. The van der Waals surface area contributed by atoms with Crippen LogP contribution in [0.4, 0.5) is 5.69 Å². The van der Waals surface area contributed by atoms with E-state index in [1.807, 2.05) is 6.92 Å². The second-order valence-electron chi connectivity index (χ2n) is 6.05. The summed E-state index contributed by atoms with van der Waals surface area (Å²) in [6.07, 6.45) is 0. The lowest BCUT2D eigenvalue weighted by atomic mass is 10.1.